The van der Waals surface area contributed by atoms with Crippen LogP contribution in [0.3, 0.4) is 0 Å². The number of carbonyl (C=O) groups is 2. The van der Waals surface area contributed by atoms with Gasteiger partial charge in [0, 0.05) is 39.1 Å². The molecular weight excluding hydrogens is 260 g/mol. The summed E-state index contributed by atoms with van der Waals surface area (Å²) < 4.78 is 5.47. The Hall–Kier alpha value is -1.82. The molecule has 1 saturated heterocycles. The molecule has 1 fully saturated rings. The number of hydrogen-bond donors (Lipinski definition) is 1. The molecule has 6 heteroatoms. The fourth-order valence-corrected chi connectivity index (χ4v) is 2.27. The summed E-state index contributed by atoms with van der Waals surface area (Å²) in [6.45, 7) is 5.16. The Morgan fingerprint density at radius 3 is 2.50 bits per heavy atom. The zero-order valence-electron chi connectivity index (χ0n) is 11.7. The van der Waals surface area contributed by atoms with Crippen LogP contribution in [0.5, 0.6) is 0 Å². The largest absolute Gasteiger partial charge is 0.481 e. The highest BCUT2D eigenvalue weighted by atomic mass is 16.4. The van der Waals surface area contributed by atoms with Gasteiger partial charge in [-0.2, -0.15) is 0 Å². The first-order valence-corrected chi connectivity index (χ1v) is 6.92. The molecule has 0 atom stereocenters. The summed E-state index contributed by atoms with van der Waals surface area (Å²) in [4.78, 5) is 26.6. The third-order valence-electron chi connectivity index (χ3n) is 3.52. The van der Waals surface area contributed by atoms with Gasteiger partial charge < -0.3 is 14.4 Å². The van der Waals surface area contributed by atoms with Crippen molar-refractivity contribution in [2.45, 2.75) is 19.8 Å². The molecule has 0 spiro atoms. The number of nitrogens with zero attached hydrogens (tertiary/aromatic N) is 2. The van der Waals surface area contributed by atoms with E-state index in [9.17, 15) is 9.59 Å². The maximum absolute atomic E-state index is 12.2. The van der Waals surface area contributed by atoms with E-state index in [1.54, 1.807) is 11.0 Å². The topological polar surface area (TPSA) is 74.0 Å². The monoisotopic (exact) mass is 280 g/mol. The molecule has 1 amide bonds. The molecule has 0 unspecified atom stereocenters. The fraction of sp³-hybridized carbons (Fsp3) is 0.571. The summed E-state index contributed by atoms with van der Waals surface area (Å²) >= 11 is 0. The van der Waals surface area contributed by atoms with Gasteiger partial charge in [-0.05, 0) is 12.1 Å². The Bertz CT molecular complexity index is 475. The van der Waals surface area contributed by atoms with E-state index < -0.39 is 5.97 Å². The summed E-state index contributed by atoms with van der Waals surface area (Å²) in [6.07, 6.45) is 0.919. The number of hydrogen-bond acceptors (Lipinski definition) is 4. The highest BCUT2D eigenvalue weighted by Gasteiger charge is 2.24. The maximum Gasteiger partial charge on any atom is 0.304 e. The number of carbonyl (C=O) groups excluding carboxylic acids is 1. The van der Waals surface area contributed by atoms with Crippen molar-refractivity contribution in [1.82, 2.24) is 9.80 Å². The SMILES string of the molecule is CCc1ccc(C(=O)N2CCN(CCC(=O)O)CC2)o1. The zero-order chi connectivity index (χ0) is 14.5. The van der Waals surface area contributed by atoms with E-state index in [-0.39, 0.29) is 12.3 Å². The summed E-state index contributed by atoms with van der Waals surface area (Å²) in [6, 6.07) is 3.55. The van der Waals surface area contributed by atoms with Gasteiger partial charge in [-0.1, -0.05) is 6.92 Å². The van der Waals surface area contributed by atoms with Gasteiger partial charge in [0.25, 0.3) is 5.91 Å². The Morgan fingerprint density at radius 1 is 1.25 bits per heavy atom. The van der Waals surface area contributed by atoms with E-state index in [0.29, 0.717) is 38.5 Å². The van der Waals surface area contributed by atoms with Gasteiger partial charge in [-0.15, -0.1) is 0 Å². The standard InChI is InChI=1S/C14H20N2O4/c1-2-11-3-4-12(20-11)14(19)16-9-7-15(8-10-16)6-5-13(17)18/h3-4H,2,5-10H2,1H3,(H,17,18). The van der Waals surface area contributed by atoms with Crippen molar-refractivity contribution in [2.75, 3.05) is 32.7 Å². The molecule has 0 aromatic carbocycles. The van der Waals surface area contributed by atoms with E-state index in [1.165, 1.54) is 0 Å². The number of aryl methyl sites for hydroxylation is 1. The van der Waals surface area contributed by atoms with Crippen molar-refractivity contribution >= 4 is 11.9 Å². The van der Waals surface area contributed by atoms with Crippen molar-refractivity contribution in [3.8, 4) is 0 Å². The van der Waals surface area contributed by atoms with Gasteiger partial charge in [-0.3, -0.25) is 14.5 Å². The predicted octanol–water partition coefficient (Wildman–Crippen LogP) is 1.07. The number of amides is 1. The summed E-state index contributed by atoms with van der Waals surface area (Å²) in [5.41, 5.74) is 0. The number of carboxylic acid groups (broad SMARTS) is 1. The molecule has 1 aliphatic rings. The molecule has 1 aromatic rings. The Kier molecular flexibility index (Phi) is 4.79. The molecule has 6 nitrogen and oxygen atoms in total. The van der Waals surface area contributed by atoms with Crippen LogP contribution in [0.25, 0.3) is 0 Å². The van der Waals surface area contributed by atoms with Crippen LogP contribution >= 0.6 is 0 Å². The van der Waals surface area contributed by atoms with Gasteiger partial charge in [0.05, 0.1) is 6.42 Å². The highest BCUT2D eigenvalue weighted by molar-refractivity contribution is 5.91. The summed E-state index contributed by atoms with van der Waals surface area (Å²) in [7, 11) is 0. The van der Waals surface area contributed by atoms with E-state index in [0.717, 1.165) is 12.2 Å². The second-order valence-electron chi connectivity index (χ2n) is 4.90. The average Bonchev–Trinajstić information content (AvgIpc) is 2.94. The Labute approximate surface area is 118 Å². The van der Waals surface area contributed by atoms with Gasteiger partial charge in [0.15, 0.2) is 5.76 Å². The summed E-state index contributed by atoms with van der Waals surface area (Å²) in [5, 5.41) is 8.66. The van der Waals surface area contributed by atoms with Crippen LogP contribution < -0.4 is 0 Å². The van der Waals surface area contributed by atoms with Crippen LogP contribution in [0, 0.1) is 0 Å². The van der Waals surface area contributed by atoms with Crippen LogP contribution in [0.1, 0.15) is 29.7 Å². The number of aliphatic carboxylic acids is 1. The molecule has 110 valence electrons. The molecule has 20 heavy (non-hydrogen) atoms. The average molecular weight is 280 g/mol. The van der Waals surface area contributed by atoms with Crippen LogP contribution in [0.2, 0.25) is 0 Å². The van der Waals surface area contributed by atoms with Crippen LogP contribution in [-0.4, -0.2) is 59.5 Å². The van der Waals surface area contributed by atoms with Crippen molar-refractivity contribution in [1.29, 1.82) is 0 Å². The predicted molar refractivity (Wildman–Crippen MR) is 72.7 cm³/mol. The molecule has 1 aliphatic heterocycles. The van der Waals surface area contributed by atoms with E-state index in [4.69, 9.17) is 9.52 Å². The van der Waals surface area contributed by atoms with E-state index in [1.807, 2.05) is 13.0 Å². The molecule has 2 heterocycles. The zero-order valence-corrected chi connectivity index (χ0v) is 11.7. The maximum atomic E-state index is 12.2. The van der Waals surface area contributed by atoms with Crippen molar-refractivity contribution in [3.05, 3.63) is 23.7 Å². The molecule has 1 N–H and O–H groups in total. The van der Waals surface area contributed by atoms with Gasteiger partial charge >= 0.3 is 5.97 Å². The molecular formula is C14H20N2O4. The molecule has 0 saturated carbocycles. The Balaban J connectivity index is 1.84. The third-order valence-corrected chi connectivity index (χ3v) is 3.52. The van der Waals surface area contributed by atoms with Crippen molar-refractivity contribution in [2.24, 2.45) is 0 Å². The highest BCUT2D eigenvalue weighted by Crippen LogP contribution is 2.13. The van der Waals surface area contributed by atoms with Crippen LogP contribution in [-0.2, 0) is 11.2 Å². The lowest BCUT2D eigenvalue weighted by molar-refractivity contribution is -0.137. The lowest BCUT2D eigenvalue weighted by atomic mass is 10.2. The summed E-state index contributed by atoms with van der Waals surface area (Å²) in [5.74, 6) is 0.336. The van der Waals surface area contributed by atoms with Crippen LogP contribution in [0.15, 0.2) is 16.5 Å². The minimum Gasteiger partial charge on any atom is -0.481 e. The molecule has 2 rings (SSSR count). The minimum absolute atomic E-state index is 0.0809. The quantitative estimate of drug-likeness (QED) is 0.873. The molecule has 0 radical (unpaired) electrons. The van der Waals surface area contributed by atoms with Gasteiger partial charge in [0.1, 0.15) is 5.76 Å². The second-order valence-corrected chi connectivity index (χ2v) is 4.90. The number of piperazine rings is 1. The molecule has 1 aromatic heterocycles. The van der Waals surface area contributed by atoms with Crippen LogP contribution in [0.4, 0.5) is 0 Å². The third kappa shape index (κ3) is 3.60. The fourth-order valence-electron chi connectivity index (χ4n) is 2.27. The van der Waals surface area contributed by atoms with Gasteiger partial charge in [-0.25, -0.2) is 0 Å². The normalized spacial score (nSPS) is 16.4. The molecule has 0 aliphatic carbocycles. The lowest BCUT2D eigenvalue weighted by Crippen LogP contribution is -2.49. The van der Waals surface area contributed by atoms with E-state index in [2.05, 4.69) is 4.90 Å². The van der Waals surface area contributed by atoms with E-state index >= 15 is 0 Å². The first-order chi connectivity index (χ1) is 9.60. The first kappa shape index (κ1) is 14.6. The molecule has 0 bridgehead atoms. The lowest BCUT2D eigenvalue weighted by Gasteiger charge is -2.33. The van der Waals surface area contributed by atoms with Gasteiger partial charge in [0.2, 0.25) is 0 Å². The smallest absolute Gasteiger partial charge is 0.304 e. The van der Waals surface area contributed by atoms with Crippen molar-refractivity contribution in [3.63, 3.8) is 0 Å². The van der Waals surface area contributed by atoms with Crippen molar-refractivity contribution < 1.29 is 19.1 Å². The number of carboxylic acids is 1. The Morgan fingerprint density at radius 2 is 1.95 bits per heavy atom. The number of rotatable bonds is 5. The number of furan rings is 1. The first-order valence-electron chi connectivity index (χ1n) is 6.92. The minimum atomic E-state index is -0.786. The second kappa shape index (κ2) is 6.56.